The van der Waals surface area contributed by atoms with Crippen molar-refractivity contribution in [2.75, 3.05) is 0 Å². The van der Waals surface area contributed by atoms with Gasteiger partial charge in [-0.1, -0.05) is 6.92 Å². The summed E-state index contributed by atoms with van der Waals surface area (Å²) in [6.07, 6.45) is 4.22. The van der Waals surface area contributed by atoms with Crippen LogP contribution >= 0.6 is 11.3 Å². The van der Waals surface area contributed by atoms with Gasteiger partial charge in [-0.05, 0) is 13.3 Å². The molecule has 0 aliphatic rings. The molecule has 2 aromatic rings. The van der Waals surface area contributed by atoms with Gasteiger partial charge in [-0.25, -0.2) is 9.97 Å². The molecule has 0 aliphatic heterocycles. The third-order valence-corrected chi connectivity index (χ3v) is 3.49. The van der Waals surface area contributed by atoms with Crippen molar-refractivity contribution < 1.29 is 5.11 Å². The van der Waals surface area contributed by atoms with E-state index < -0.39 is 6.10 Å². The lowest BCUT2D eigenvalue weighted by Gasteiger charge is -2.08. The lowest BCUT2D eigenvalue weighted by molar-refractivity contribution is 0.177. The topological polar surface area (TPSA) is 63.8 Å². The summed E-state index contributed by atoms with van der Waals surface area (Å²) in [5.74, 6) is 0.824. The number of rotatable bonds is 5. The molecule has 17 heavy (non-hydrogen) atoms. The van der Waals surface area contributed by atoms with E-state index in [1.165, 1.54) is 17.7 Å². The molecule has 0 amide bonds. The Hall–Kier alpha value is -1.27. The summed E-state index contributed by atoms with van der Waals surface area (Å²) >= 11 is 1.52. The zero-order chi connectivity index (χ0) is 12.3. The highest BCUT2D eigenvalue weighted by Crippen LogP contribution is 2.22. The highest BCUT2D eigenvalue weighted by atomic mass is 32.1. The monoisotopic (exact) mass is 252 g/mol. The quantitative estimate of drug-likeness (QED) is 0.880. The van der Waals surface area contributed by atoms with Crippen LogP contribution in [0.1, 0.15) is 35.2 Å². The highest BCUT2D eigenvalue weighted by molar-refractivity contribution is 7.11. The van der Waals surface area contributed by atoms with E-state index in [-0.39, 0.29) is 0 Å². The van der Waals surface area contributed by atoms with E-state index in [9.17, 15) is 5.11 Å². The van der Waals surface area contributed by atoms with Crippen LogP contribution in [0.25, 0.3) is 0 Å². The maximum Gasteiger partial charge on any atom is 0.138 e. The van der Waals surface area contributed by atoms with E-state index in [4.69, 9.17) is 0 Å². The summed E-state index contributed by atoms with van der Waals surface area (Å²) in [4.78, 5) is 9.21. The molecule has 0 aliphatic carbocycles. The number of aryl methyl sites for hydroxylation is 2. The fourth-order valence-corrected chi connectivity index (χ4v) is 2.42. The lowest BCUT2D eigenvalue weighted by atomic mass is 10.2. The zero-order valence-corrected chi connectivity index (χ0v) is 10.8. The Morgan fingerprint density at radius 1 is 1.47 bits per heavy atom. The van der Waals surface area contributed by atoms with Crippen molar-refractivity contribution in [1.29, 1.82) is 0 Å². The molecule has 1 atom stereocenters. The Kier molecular flexibility index (Phi) is 3.86. The van der Waals surface area contributed by atoms with E-state index in [0.717, 1.165) is 28.7 Å². The Bertz CT molecular complexity index is 479. The van der Waals surface area contributed by atoms with E-state index in [0.29, 0.717) is 6.42 Å². The van der Waals surface area contributed by atoms with Crippen LogP contribution in [0.15, 0.2) is 12.5 Å². The Balaban J connectivity index is 2.07. The molecule has 92 valence electrons. The molecule has 1 unspecified atom stereocenters. The van der Waals surface area contributed by atoms with Crippen LogP contribution in [0.3, 0.4) is 0 Å². The van der Waals surface area contributed by atoms with Crippen LogP contribution < -0.4 is 0 Å². The maximum absolute atomic E-state index is 10.1. The third-order valence-electron chi connectivity index (χ3n) is 2.47. The molecule has 0 saturated heterocycles. The molecule has 0 bridgehead atoms. The fourth-order valence-electron chi connectivity index (χ4n) is 1.65. The predicted molar refractivity (Wildman–Crippen MR) is 65.8 cm³/mol. The average molecular weight is 252 g/mol. The van der Waals surface area contributed by atoms with Gasteiger partial charge in [0.05, 0.1) is 16.0 Å². The number of aliphatic hydroxyl groups excluding tert-OH is 1. The van der Waals surface area contributed by atoms with Crippen molar-refractivity contribution in [2.24, 2.45) is 0 Å². The summed E-state index contributed by atoms with van der Waals surface area (Å²) < 4.78 is 1.84. The molecular formula is C11H16N4OS. The first kappa shape index (κ1) is 12.2. The number of nitrogens with zero attached hydrogens (tertiary/aromatic N) is 4. The molecule has 2 aromatic heterocycles. The van der Waals surface area contributed by atoms with Gasteiger partial charge >= 0.3 is 0 Å². The van der Waals surface area contributed by atoms with Crippen LogP contribution in [-0.4, -0.2) is 24.9 Å². The van der Waals surface area contributed by atoms with Gasteiger partial charge in [0.15, 0.2) is 0 Å². The normalized spacial score (nSPS) is 12.9. The van der Waals surface area contributed by atoms with Crippen LogP contribution in [0.2, 0.25) is 0 Å². The SMILES string of the molecule is CCCn1ncnc1CC(O)c1cnc(C)s1. The van der Waals surface area contributed by atoms with E-state index in [1.807, 2.05) is 11.6 Å². The minimum absolute atomic E-state index is 0.488. The second kappa shape index (κ2) is 5.37. The van der Waals surface area contributed by atoms with Crippen molar-refractivity contribution in [3.63, 3.8) is 0 Å². The predicted octanol–water partition coefficient (Wildman–Crippen LogP) is 1.73. The van der Waals surface area contributed by atoms with E-state index in [2.05, 4.69) is 22.0 Å². The highest BCUT2D eigenvalue weighted by Gasteiger charge is 2.15. The van der Waals surface area contributed by atoms with Gasteiger partial charge < -0.3 is 5.11 Å². The summed E-state index contributed by atoms with van der Waals surface area (Å²) in [5, 5.41) is 15.2. The smallest absolute Gasteiger partial charge is 0.138 e. The molecule has 2 heterocycles. The number of aromatic nitrogens is 4. The number of hydrogen-bond donors (Lipinski definition) is 1. The molecule has 0 saturated carbocycles. The minimum atomic E-state index is -0.541. The third kappa shape index (κ3) is 2.89. The van der Waals surface area contributed by atoms with E-state index >= 15 is 0 Å². The zero-order valence-electron chi connectivity index (χ0n) is 10.00. The van der Waals surface area contributed by atoms with Crippen molar-refractivity contribution in [2.45, 2.75) is 39.3 Å². The molecule has 0 aromatic carbocycles. The van der Waals surface area contributed by atoms with Crippen LogP contribution in [-0.2, 0) is 13.0 Å². The van der Waals surface area contributed by atoms with Gasteiger partial charge in [-0.3, -0.25) is 4.68 Å². The van der Waals surface area contributed by atoms with Crippen LogP contribution in [0.4, 0.5) is 0 Å². The lowest BCUT2D eigenvalue weighted by Crippen LogP contribution is -2.09. The average Bonchev–Trinajstić information content (AvgIpc) is 2.89. The molecule has 1 N–H and O–H groups in total. The van der Waals surface area contributed by atoms with Crippen LogP contribution in [0, 0.1) is 6.92 Å². The molecule has 5 nitrogen and oxygen atoms in total. The molecule has 2 rings (SSSR count). The van der Waals surface area contributed by atoms with Crippen molar-refractivity contribution in [3.8, 4) is 0 Å². The summed E-state index contributed by atoms with van der Waals surface area (Å²) in [6.45, 7) is 4.86. The first-order valence-corrected chi connectivity index (χ1v) is 6.49. The first-order valence-electron chi connectivity index (χ1n) is 5.67. The first-order chi connectivity index (χ1) is 8.20. The van der Waals surface area contributed by atoms with Gasteiger partial charge in [0.2, 0.25) is 0 Å². The van der Waals surface area contributed by atoms with Crippen molar-refractivity contribution in [3.05, 3.63) is 28.2 Å². The number of hydrogen-bond acceptors (Lipinski definition) is 5. The summed E-state index contributed by atoms with van der Waals surface area (Å²) in [7, 11) is 0. The van der Waals surface area contributed by atoms with Crippen molar-refractivity contribution in [1.82, 2.24) is 19.7 Å². The Morgan fingerprint density at radius 3 is 2.94 bits per heavy atom. The van der Waals surface area contributed by atoms with Gasteiger partial charge in [0.25, 0.3) is 0 Å². The number of thiazole rings is 1. The fraction of sp³-hybridized carbons (Fsp3) is 0.545. The number of aliphatic hydroxyl groups is 1. The van der Waals surface area contributed by atoms with Gasteiger partial charge in [-0.2, -0.15) is 5.10 Å². The molecule has 0 radical (unpaired) electrons. The van der Waals surface area contributed by atoms with Crippen LogP contribution in [0.5, 0.6) is 0 Å². The maximum atomic E-state index is 10.1. The minimum Gasteiger partial charge on any atom is -0.387 e. The van der Waals surface area contributed by atoms with Gasteiger partial charge in [0.1, 0.15) is 12.2 Å². The largest absolute Gasteiger partial charge is 0.387 e. The Morgan fingerprint density at radius 2 is 2.29 bits per heavy atom. The Labute approximate surface area is 104 Å². The van der Waals surface area contributed by atoms with Crippen molar-refractivity contribution >= 4 is 11.3 Å². The summed E-state index contributed by atoms with van der Waals surface area (Å²) in [5.41, 5.74) is 0. The standard InChI is InChI=1S/C11H16N4OS/c1-3-4-15-11(13-7-14-15)5-9(16)10-6-12-8(2)17-10/h6-7,9,16H,3-5H2,1-2H3. The second-order valence-electron chi connectivity index (χ2n) is 3.90. The summed E-state index contributed by atoms with van der Waals surface area (Å²) in [6, 6.07) is 0. The van der Waals surface area contributed by atoms with Gasteiger partial charge in [-0.15, -0.1) is 11.3 Å². The van der Waals surface area contributed by atoms with Gasteiger partial charge in [0, 0.05) is 19.2 Å². The molecule has 6 heteroatoms. The molecular weight excluding hydrogens is 236 g/mol. The molecule has 0 fully saturated rings. The molecule has 0 spiro atoms. The second-order valence-corrected chi connectivity index (χ2v) is 5.17. The van der Waals surface area contributed by atoms with E-state index in [1.54, 1.807) is 6.20 Å².